The van der Waals surface area contributed by atoms with E-state index in [2.05, 4.69) is 99.8 Å². The lowest BCUT2D eigenvalue weighted by Gasteiger charge is -2.40. The zero-order valence-corrected chi connectivity index (χ0v) is 32.8. The van der Waals surface area contributed by atoms with Gasteiger partial charge in [0.25, 0.3) is 0 Å². The van der Waals surface area contributed by atoms with Crippen molar-refractivity contribution < 1.29 is 18.4 Å². The van der Waals surface area contributed by atoms with E-state index in [1.807, 2.05) is 11.8 Å². The summed E-state index contributed by atoms with van der Waals surface area (Å²) in [4.78, 5) is 12.7. The summed E-state index contributed by atoms with van der Waals surface area (Å²) in [5.74, 6) is 1.43. The molecule has 5 nitrogen and oxygen atoms in total. The largest absolute Gasteiger partial charge is 0.469 e. The van der Waals surface area contributed by atoms with Crippen molar-refractivity contribution >= 4 is 34.4 Å². The molecule has 0 fully saturated rings. The van der Waals surface area contributed by atoms with Crippen LogP contribution in [0.3, 0.4) is 0 Å². The molecule has 1 rings (SSSR count). The fraction of sp³-hybridized carbons (Fsp3) is 0.829. The minimum Gasteiger partial charge on any atom is -0.469 e. The standard InChI is InChI=1S/C35H65NO4SSi2/c1-14-15-19-27(2)24-29(39-42(10,11)34(3,4)5)21-22-30-31(40-43(12,13)35(6,7)8)25-28(26-36)33(30)41-23-18-16-17-20-32(37)38-9/h21-22,27,29-31H,14-20,23-25H2,1-13H3/b22-21+/t27-,29-,30+,31-/m1/s1. The quantitative estimate of drug-likeness (QED) is 0.0636. The van der Waals surface area contributed by atoms with Gasteiger partial charge in [-0.25, -0.2) is 0 Å². The molecule has 0 saturated carbocycles. The molecule has 0 bridgehead atoms. The normalized spacial score (nSPS) is 20.0. The summed E-state index contributed by atoms with van der Waals surface area (Å²) in [7, 11) is -2.60. The van der Waals surface area contributed by atoms with Crippen LogP contribution in [0, 0.1) is 23.2 Å². The molecule has 0 aromatic heterocycles. The SMILES string of the molecule is CCCC[C@@H](C)C[C@@H](/C=C/[C@@H]1C(SCCCCCC(=O)OC)=C(C#N)C[C@H]1O[Si](C)(C)C(C)(C)C)O[Si](C)(C)C(C)(C)C. The van der Waals surface area contributed by atoms with Crippen LogP contribution >= 0.6 is 11.8 Å². The fourth-order valence-corrected chi connectivity index (χ4v) is 8.75. The van der Waals surface area contributed by atoms with Crippen molar-refractivity contribution in [2.24, 2.45) is 11.8 Å². The molecule has 248 valence electrons. The van der Waals surface area contributed by atoms with Crippen LogP contribution in [0.4, 0.5) is 0 Å². The van der Waals surface area contributed by atoms with E-state index < -0.39 is 16.6 Å². The third-order valence-corrected chi connectivity index (χ3v) is 20.1. The third kappa shape index (κ3) is 13.2. The predicted octanol–water partition coefficient (Wildman–Crippen LogP) is 10.8. The van der Waals surface area contributed by atoms with E-state index in [-0.39, 0.29) is 34.2 Å². The number of hydrogen-bond donors (Lipinski definition) is 0. The first-order valence-corrected chi connectivity index (χ1v) is 23.5. The van der Waals surface area contributed by atoms with E-state index in [4.69, 9.17) is 13.6 Å². The van der Waals surface area contributed by atoms with Crippen LogP contribution < -0.4 is 0 Å². The maximum atomic E-state index is 11.5. The Kier molecular flexibility index (Phi) is 16.6. The third-order valence-electron chi connectivity index (χ3n) is 9.77. The number of unbranched alkanes of at least 4 members (excludes halogenated alkanes) is 3. The number of rotatable bonds is 18. The molecule has 0 unspecified atom stereocenters. The van der Waals surface area contributed by atoms with Crippen molar-refractivity contribution in [3.8, 4) is 6.07 Å². The lowest BCUT2D eigenvalue weighted by molar-refractivity contribution is -0.140. The molecule has 43 heavy (non-hydrogen) atoms. The van der Waals surface area contributed by atoms with Crippen LogP contribution in [0.5, 0.6) is 0 Å². The number of nitriles is 1. The summed E-state index contributed by atoms with van der Waals surface area (Å²) >= 11 is 1.81. The number of nitrogens with zero attached hydrogens (tertiary/aromatic N) is 1. The molecule has 1 aliphatic rings. The zero-order chi connectivity index (χ0) is 33.1. The predicted molar refractivity (Wildman–Crippen MR) is 190 cm³/mol. The number of carbonyl (C=O) groups is 1. The summed E-state index contributed by atoms with van der Waals surface area (Å²) in [6.07, 6.45) is 13.3. The first kappa shape index (κ1) is 40.2. The highest BCUT2D eigenvalue weighted by Crippen LogP contribution is 2.46. The van der Waals surface area contributed by atoms with Gasteiger partial charge >= 0.3 is 5.97 Å². The first-order valence-electron chi connectivity index (χ1n) is 16.7. The van der Waals surface area contributed by atoms with Crippen molar-refractivity contribution in [3.05, 3.63) is 22.6 Å². The Hall–Kier alpha value is -0.856. The van der Waals surface area contributed by atoms with Crippen molar-refractivity contribution in [2.75, 3.05) is 12.9 Å². The van der Waals surface area contributed by atoms with Gasteiger partial charge < -0.3 is 13.6 Å². The van der Waals surface area contributed by atoms with Crippen LogP contribution in [0.15, 0.2) is 22.6 Å². The fourth-order valence-electron chi connectivity index (χ4n) is 4.83. The molecular formula is C35H65NO4SSi2. The molecule has 0 N–H and O–H groups in total. The highest BCUT2D eigenvalue weighted by molar-refractivity contribution is 8.03. The Morgan fingerprint density at radius 2 is 1.67 bits per heavy atom. The maximum absolute atomic E-state index is 11.5. The smallest absolute Gasteiger partial charge is 0.305 e. The topological polar surface area (TPSA) is 68.6 Å². The molecule has 0 aromatic rings. The minimum absolute atomic E-state index is 0.0281. The molecule has 0 radical (unpaired) electrons. The number of thioether (sulfide) groups is 1. The number of ether oxygens (including phenoxy) is 1. The van der Waals surface area contributed by atoms with Crippen LogP contribution in [0.1, 0.15) is 113 Å². The summed E-state index contributed by atoms with van der Waals surface area (Å²) in [5.41, 5.74) is 0.871. The van der Waals surface area contributed by atoms with Gasteiger partial charge in [-0.15, -0.1) is 11.8 Å². The summed E-state index contributed by atoms with van der Waals surface area (Å²) in [6, 6.07) is 2.55. The minimum atomic E-state index is -2.05. The van der Waals surface area contributed by atoms with Gasteiger partial charge in [-0.2, -0.15) is 5.26 Å². The Labute approximate surface area is 272 Å². The van der Waals surface area contributed by atoms with Gasteiger partial charge in [0.15, 0.2) is 16.6 Å². The molecule has 4 atom stereocenters. The average Bonchev–Trinajstić information content (AvgIpc) is 3.21. The van der Waals surface area contributed by atoms with Gasteiger partial charge in [0.1, 0.15) is 0 Å². The van der Waals surface area contributed by atoms with Crippen LogP contribution in [-0.4, -0.2) is 47.7 Å². The van der Waals surface area contributed by atoms with E-state index >= 15 is 0 Å². The number of hydrogen-bond acceptors (Lipinski definition) is 6. The number of methoxy groups -OCH3 is 1. The molecule has 0 aliphatic heterocycles. The van der Waals surface area contributed by atoms with E-state index in [0.717, 1.165) is 37.0 Å². The molecule has 0 saturated heterocycles. The number of carbonyl (C=O) groups excluding carboxylic acids is 1. The Morgan fingerprint density at radius 1 is 1.05 bits per heavy atom. The van der Waals surface area contributed by atoms with Gasteiger partial charge in [0, 0.05) is 29.2 Å². The summed E-state index contributed by atoms with van der Waals surface area (Å²) in [6.45, 7) is 27.7. The Balaban J connectivity index is 3.33. The van der Waals surface area contributed by atoms with E-state index in [1.54, 1.807) is 0 Å². The molecular weight excluding hydrogens is 587 g/mol. The van der Waals surface area contributed by atoms with Crippen molar-refractivity contribution in [1.29, 1.82) is 5.26 Å². The Morgan fingerprint density at radius 3 is 2.21 bits per heavy atom. The maximum Gasteiger partial charge on any atom is 0.305 e. The molecule has 1 aliphatic carbocycles. The van der Waals surface area contributed by atoms with E-state index in [1.165, 1.54) is 31.3 Å². The highest BCUT2D eigenvalue weighted by atomic mass is 32.2. The van der Waals surface area contributed by atoms with Crippen molar-refractivity contribution in [1.82, 2.24) is 0 Å². The van der Waals surface area contributed by atoms with Crippen molar-refractivity contribution in [3.63, 3.8) is 0 Å². The van der Waals surface area contributed by atoms with E-state index in [9.17, 15) is 10.1 Å². The van der Waals surface area contributed by atoms with Gasteiger partial charge in [-0.3, -0.25) is 4.79 Å². The van der Waals surface area contributed by atoms with Crippen LogP contribution in [0.2, 0.25) is 36.3 Å². The molecule has 0 amide bonds. The van der Waals surface area contributed by atoms with Crippen LogP contribution in [0.25, 0.3) is 0 Å². The lowest BCUT2D eigenvalue weighted by atomic mass is 9.96. The molecule has 0 spiro atoms. The first-order chi connectivity index (χ1) is 19.8. The second-order valence-electron chi connectivity index (χ2n) is 15.6. The monoisotopic (exact) mass is 651 g/mol. The van der Waals surface area contributed by atoms with Gasteiger partial charge in [0.2, 0.25) is 0 Å². The number of esters is 1. The molecule has 0 aromatic carbocycles. The van der Waals surface area contributed by atoms with Crippen molar-refractivity contribution in [2.45, 2.75) is 162 Å². The van der Waals surface area contributed by atoms with Gasteiger partial charge in [0.05, 0.1) is 25.4 Å². The molecule has 8 heteroatoms. The van der Waals surface area contributed by atoms with Gasteiger partial charge in [-0.1, -0.05) is 93.2 Å². The second-order valence-corrected chi connectivity index (χ2v) is 26.3. The summed E-state index contributed by atoms with van der Waals surface area (Å²) in [5, 5.41) is 10.4. The zero-order valence-electron chi connectivity index (χ0n) is 30.0. The Bertz CT molecular complexity index is 972. The van der Waals surface area contributed by atoms with Gasteiger partial charge in [-0.05, 0) is 67.2 Å². The van der Waals surface area contributed by atoms with Crippen LogP contribution in [-0.2, 0) is 18.4 Å². The van der Waals surface area contributed by atoms with E-state index in [0.29, 0.717) is 18.8 Å². The molecule has 0 heterocycles. The lowest BCUT2D eigenvalue weighted by Crippen LogP contribution is -2.45. The highest BCUT2D eigenvalue weighted by Gasteiger charge is 2.44. The average molecular weight is 652 g/mol. The second kappa shape index (κ2) is 17.7. The summed E-state index contributed by atoms with van der Waals surface area (Å²) < 4.78 is 18.9.